The van der Waals surface area contributed by atoms with Crippen LogP contribution >= 0.6 is 0 Å². The molecule has 5 nitrogen and oxygen atoms in total. The van der Waals surface area contributed by atoms with Crippen LogP contribution in [0.15, 0.2) is 42.9 Å². The third kappa shape index (κ3) is 2.74. The molecule has 24 heavy (non-hydrogen) atoms. The van der Waals surface area contributed by atoms with Crippen molar-refractivity contribution in [1.29, 1.82) is 0 Å². The van der Waals surface area contributed by atoms with Crippen molar-refractivity contribution in [3.05, 3.63) is 65.4 Å². The summed E-state index contributed by atoms with van der Waals surface area (Å²) >= 11 is 0. The van der Waals surface area contributed by atoms with Crippen LogP contribution in [-0.2, 0) is 0 Å². The Labute approximate surface area is 138 Å². The van der Waals surface area contributed by atoms with Crippen LogP contribution in [0.4, 0.5) is 10.1 Å². The van der Waals surface area contributed by atoms with Gasteiger partial charge >= 0.3 is 0 Å². The molecule has 0 spiro atoms. The van der Waals surface area contributed by atoms with E-state index in [1.165, 1.54) is 18.2 Å². The molecule has 0 aliphatic heterocycles. The highest BCUT2D eigenvalue weighted by Crippen LogP contribution is 2.25. The van der Waals surface area contributed by atoms with E-state index in [0.717, 1.165) is 11.1 Å². The lowest BCUT2D eigenvalue weighted by molar-refractivity contribution is 0.103. The number of hydrogen-bond donors (Lipinski definition) is 3. The minimum atomic E-state index is -0.598. The summed E-state index contributed by atoms with van der Waals surface area (Å²) in [5.41, 5.74) is 8.74. The summed E-state index contributed by atoms with van der Waals surface area (Å²) in [6.45, 7) is 1.94. The van der Waals surface area contributed by atoms with Crippen molar-refractivity contribution in [3.8, 4) is 0 Å². The largest absolute Gasteiger partial charge is 0.399 e. The van der Waals surface area contributed by atoms with Crippen molar-refractivity contribution >= 4 is 28.1 Å². The number of carbonyl (C=O) groups excluding carboxylic acids is 1. The van der Waals surface area contributed by atoms with Gasteiger partial charge in [-0.2, -0.15) is 0 Å². The number of pyridine rings is 1. The fourth-order valence-corrected chi connectivity index (χ4v) is 2.57. The molecule has 3 rings (SSSR count). The van der Waals surface area contributed by atoms with Crippen molar-refractivity contribution in [2.24, 2.45) is 0 Å². The van der Waals surface area contributed by atoms with Crippen LogP contribution in [0.2, 0.25) is 0 Å². The molecule has 0 saturated carbocycles. The first-order valence-corrected chi connectivity index (χ1v) is 7.42. The van der Waals surface area contributed by atoms with Crippen molar-refractivity contribution < 1.29 is 9.18 Å². The summed E-state index contributed by atoms with van der Waals surface area (Å²) in [5, 5.41) is 3.60. The Morgan fingerprint density at radius 3 is 2.88 bits per heavy atom. The number of aromatic amines is 1. The molecule has 0 aliphatic carbocycles. The zero-order valence-electron chi connectivity index (χ0n) is 13.4. The van der Waals surface area contributed by atoms with Gasteiger partial charge in [0, 0.05) is 36.1 Å². The van der Waals surface area contributed by atoms with Gasteiger partial charge in [-0.25, -0.2) is 9.37 Å². The number of benzene rings is 1. The fourth-order valence-electron chi connectivity index (χ4n) is 2.57. The molecular formula is C18H17FN4O. The molecule has 2 heterocycles. The Balaban J connectivity index is 2.12. The van der Waals surface area contributed by atoms with Crippen molar-refractivity contribution in [2.45, 2.75) is 6.92 Å². The number of H-pyrrole nitrogens is 1. The number of carbonyl (C=O) groups is 1. The molecule has 3 aromatic rings. The average Bonchev–Trinajstić information content (AvgIpc) is 2.99. The lowest BCUT2D eigenvalue weighted by Gasteiger charge is -2.05. The second kappa shape index (κ2) is 6.16. The zero-order chi connectivity index (χ0) is 17.3. The molecule has 0 atom stereocenters. The van der Waals surface area contributed by atoms with Crippen LogP contribution in [0.3, 0.4) is 0 Å². The molecule has 0 saturated heterocycles. The summed E-state index contributed by atoms with van der Waals surface area (Å²) in [6, 6.07) is 5.83. The van der Waals surface area contributed by atoms with E-state index < -0.39 is 11.6 Å². The maximum atomic E-state index is 14.0. The molecule has 122 valence electrons. The highest BCUT2D eigenvalue weighted by atomic mass is 19.1. The first kappa shape index (κ1) is 15.7. The number of halogens is 1. The number of anilines is 1. The molecule has 0 radical (unpaired) electrons. The van der Waals surface area contributed by atoms with E-state index in [2.05, 4.69) is 15.3 Å². The van der Waals surface area contributed by atoms with Gasteiger partial charge in [0.15, 0.2) is 5.78 Å². The molecule has 0 amide bonds. The highest BCUT2D eigenvalue weighted by molar-refractivity contribution is 6.16. The molecule has 4 N–H and O–H groups in total. The van der Waals surface area contributed by atoms with Crippen LogP contribution in [0.25, 0.3) is 16.6 Å². The third-order valence-electron chi connectivity index (χ3n) is 3.83. The highest BCUT2D eigenvalue weighted by Gasteiger charge is 2.19. The number of aromatic nitrogens is 2. The van der Waals surface area contributed by atoms with Gasteiger partial charge in [-0.1, -0.05) is 0 Å². The first-order chi connectivity index (χ1) is 11.5. The third-order valence-corrected chi connectivity index (χ3v) is 3.83. The quantitative estimate of drug-likeness (QED) is 0.508. The molecule has 0 unspecified atom stereocenters. The monoisotopic (exact) mass is 324 g/mol. The Kier molecular flexibility index (Phi) is 4.04. The van der Waals surface area contributed by atoms with Gasteiger partial charge in [0.25, 0.3) is 0 Å². The predicted octanol–water partition coefficient (Wildman–Crippen LogP) is 3.10. The second-order valence-electron chi connectivity index (χ2n) is 5.51. The zero-order valence-corrected chi connectivity index (χ0v) is 13.4. The molecular weight excluding hydrogens is 307 g/mol. The number of nitrogens with zero attached hydrogens (tertiary/aromatic N) is 1. The van der Waals surface area contributed by atoms with Crippen LogP contribution in [-0.4, -0.2) is 22.8 Å². The molecule has 2 aromatic heterocycles. The van der Waals surface area contributed by atoms with E-state index in [0.29, 0.717) is 22.3 Å². The Hall–Kier alpha value is -3.15. The summed E-state index contributed by atoms with van der Waals surface area (Å²) in [5.74, 6) is -1.03. The summed E-state index contributed by atoms with van der Waals surface area (Å²) in [4.78, 5) is 20.0. The van der Waals surface area contributed by atoms with Gasteiger partial charge in [-0.15, -0.1) is 0 Å². The van der Waals surface area contributed by atoms with Gasteiger partial charge in [0.1, 0.15) is 11.5 Å². The van der Waals surface area contributed by atoms with E-state index in [1.807, 2.05) is 26.2 Å². The van der Waals surface area contributed by atoms with Gasteiger partial charge < -0.3 is 16.0 Å². The van der Waals surface area contributed by atoms with Crippen LogP contribution < -0.4 is 11.1 Å². The SMILES string of the molecule is CN/C=C(\C)c1cnc2[nH]cc(C(=O)c3cc(N)ccc3F)c2c1. The lowest BCUT2D eigenvalue weighted by atomic mass is 10.0. The van der Waals surface area contributed by atoms with Crippen LogP contribution in [0.1, 0.15) is 28.4 Å². The Morgan fingerprint density at radius 2 is 2.12 bits per heavy atom. The molecule has 1 aromatic carbocycles. The topological polar surface area (TPSA) is 83.8 Å². The standard InChI is InChI=1S/C18H17FN4O/c1-10(7-21-2)11-5-13-15(9-23-18(13)22-8-11)17(24)14-6-12(20)3-4-16(14)19/h3-9,21H,20H2,1-2H3,(H,22,23)/b10-7+. The maximum Gasteiger partial charge on any atom is 0.198 e. The van der Waals surface area contributed by atoms with Gasteiger partial charge in [0.2, 0.25) is 0 Å². The normalized spacial score (nSPS) is 11.7. The summed E-state index contributed by atoms with van der Waals surface area (Å²) in [7, 11) is 1.81. The number of nitrogens with two attached hydrogens (primary N) is 1. The molecule has 0 bridgehead atoms. The van der Waals surface area contributed by atoms with Crippen LogP contribution in [0, 0.1) is 5.82 Å². The Bertz CT molecular complexity index is 959. The minimum absolute atomic E-state index is 0.0520. The number of ketones is 1. The van der Waals surface area contributed by atoms with Crippen molar-refractivity contribution in [1.82, 2.24) is 15.3 Å². The van der Waals surface area contributed by atoms with E-state index in [1.54, 1.807) is 12.4 Å². The second-order valence-corrected chi connectivity index (χ2v) is 5.51. The van der Waals surface area contributed by atoms with Crippen molar-refractivity contribution in [3.63, 3.8) is 0 Å². The fraction of sp³-hybridized carbons (Fsp3) is 0.111. The maximum absolute atomic E-state index is 14.0. The average molecular weight is 324 g/mol. The number of nitrogen functional groups attached to an aromatic ring is 1. The van der Waals surface area contributed by atoms with Gasteiger partial charge in [-0.05, 0) is 48.5 Å². The van der Waals surface area contributed by atoms with E-state index in [9.17, 15) is 9.18 Å². The van der Waals surface area contributed by atoms with E-state index >= 15 is 0 Å². The number of rotatable bonds is 4. The number of allylic oxidation sites excluding steroid dienone is 1. The molecule has 0 fully saturated rings. The van der Waals surface area contributed by atoms with E-state index in [-0.39, 0.29) is 5.56 Å². The molecule has 6 heteroatoms. The smallest absolute Gasteiger partial charge is 0.198 e. The minimum Gasteiger partial charge on any atom is -0.399 e. The van der Waals surface area contributed by atoms with Crippen molar-refractivity contribution in [2.75, 3.05) is 12.8 Å². The van der Waals surface area contributed by atoms with Gasteiger partial charge in [-0.3, -0.25) is 4.79 Å². The Morgan fingerprint density at radius 1 is 1.33 bits per heavy atom. The van der Waals surface area contributed by atoms with Gasteiger partial charge in [0.05, 0.1) is 5.56 Å². The van der Waals surface area contributed by atoms with E-state index in [4.69, 9.17) is 5.73 Å². The summed E-state index contributed by atoms with van der Waals surface area (Å²) in [6.07, 6.45) is 5.11. The molecule has 0 aliphatic rings. The van der Waals surface area contributed by atoms with Crippen LogP contribution in [0.5, 0.6) is 0 Å². The summed E-state index contributed by atoms with van der Waals surface area (Å²) < 4.78 is 14.0. The number of nitrogens with one attached hydrogen (secondary N) is 2. The lowest BCUT2D eigenvalue weighted by Crippen LogP contribution is -2.05. The number of fused-ring (bicyclic) bond motifs is 1. The predicted molar refractivity (Wildman–Crippen MR) is 93.0 cm³/mol. The first-order valence-electron chi connectivity index (χ1n) is 7.42. The number of hydrogen-bond acceptors (Lipinski definition) is 4.